The van der Waals surface area contributed by atoms with Crippen molar-refractivity contribution in [3.8, 4) is 0 Å². The predicted molar refractivity (Wildman–Crippen MR) is 95.5 cm³/mol. The molecule has 1 saturated heterocycles. The van der Waals surface area contributed by atoms with Crippen LogP contribution < -0.4 is 10.6 Å². The molecule has 1 unspecified atom stereocenters. The van der Waals surface area contributed by atoms with E-state index in [2.05, 4.69) is 33.7 Å². The highest BCUT2D eigenvalue weighted by atomic mass is 16.5. The number of nitrogens with zero attached hydrogens (tertiary/aromatic N) is 3. The summed E-state index contributed by atoms with van der Waals surface area (Å²) in [5.41, 5.74) is 2.28. The van der Waals surface area contributed by atoms with Gasteiger partial charge in [-0.3, -0.25) is 9.67 Å². The maximum Gasteiger partial charge on any atom is 0.191 e. The van der Waals surface area contributed by atoms with Gasteiger partial charge < -0.3 is 20.1 Å². The first-order valence-corrected chi connectivity index (χ1v) is 8.84. The van der Waals surface area contributed by atoms with E-state index >= 15 is 0 Å². The number of aryl methyl sites for hydroxylation is 3. The SMILES string of the molecule is CN=C(NCCCn1nc(C)cc1C)NCCOCC1CCCO1. The van der Waals surface area contributed by atoms with Crippen LogP contribution in [-0.4, -0.2) is 61.8 Å². The standard InChI is InChI=1S/C17H31N5O2/c1-14-12-15(2)22(21-14)9-5-7-19-17(18-3)20-8-11-23-13-16-6-4-10-24-16/h12,16H,4-11,13H2,1-3H3,(H2,18,19,20). The van der Waals surface area contributed by atoms with Crippen LogP contribution in [0.3, 0.4) is 0 Å². The topological polar surface area (TPSA) is 72.7 Å². The van der Waals surface area contributed by atoms with Crippen molar-refractivity contribution in [1.82, 2.24) is 20.4 Å². The van der Waals surface area contributed by atoms with Crippen LogP contribution in [0.1, 0.15) is 30.7 Å². The van der Waals surface area contributed by atoms with E-state index in [0.717, 1.165) is 57.2 Å². The Morgan fingerprint density at radius 1 is 1.42 bits per heavy atom. The van der Waals surface area contributed by atoms with Crippen LogP contribution in [0, 0.1) is 13.8 Å². The number of aromatic nitrogens is 2. The fraction of sp³-hybridized carbons (Fsp3) is 0.765. The van der Waals surface area contributed by atoms with Crippen LogP contribution in [0.5, 0.6) is 0 Å². The van der Waals surface area contributed by atoms with Crippen LogP contribution in [0.4, 0.5) is 0 Å². The monoisotopic (exact) mass is 337 g/mol. The molecular formula is C17H31N5O2. The molecule has 0 spiro atoms. The smallest absolute Gasteiger partial charge is 0.191 e. The molecule has 1 aromatic heterocycles. The van der Waals surface area contributed by atoms with Gasteiger partial charge in [0, 0.05) is 39.0 Å². The maximum absolute atomic E-state index is 5.63. The molecule has 24 heavy (non-hydrogen) atoms. The van der Waals surface area contributed by atoms with Crippen LogP contribution in [0.15, 0.2) is 11.1 Å². The molecule has 2 rings (SSSR count). The highest BCUT2D eigenvalue weighted by molar-refractivity contribution is 5.79. The van der Waals surface area contributed by atoms with Crippen molar-refractivity contribution in [1.29, 1.82) is 0 Å². The zero-order valence-corrected chi connectivity index (χ0v) is 15.2. The third-order valence-electron chi connectivity index (χ3n) is 4.03. The van der Waals surface area contributed by atoms with Gasteiger partial charge in [-0.15, -0.1) is 0 Å². The molecule has 7 heteroatoms. The average molecular weight is 337 g/mol. The Bertz CT molecular complexity index is 509. The molecule has 1 aliphatic heterocycles. The van der Waals surface area contributed by atoms with E-state index in [4.69, 9.17) is 9.47 Å². The minimum atomic E-state index is 0.289. The molecule has 1 fully saturated rings. The number of hydrogen-bond donors (Lipinski definition) is 2. The largest absolute Gasteiger partial charge is 0.377 e. The maximum atomic E-state index is 5.63. The van der Waals surface area contributed by atoms with Gasteiger partial charge in [-0.1, -0.05) is 0 Å². The third kappa shape index (κ3) is 6.49. The first kappa shape index (κ1) is 18.7. The van der Waals surface area contributed by atoms with E-state index in [-0.39, 0.29) is 6.10 Å². The lowest BCUT2D eigenvalue weighted by atomic mass is 10.2. The molecular weight excluding hydrogens is 306 g/mol. The summed E-state index contributed by atoms with van der Waals surface area (Å²) < 4.78 is 13.2. The molecule has 0 amide bonds. The molecule has 2 heterocycles. The van der Waals surface area contributed by atoms with Gasteiger partial charge in [0.1, 0.15) is 0 Å². The predicted octanol–water partition coefficient (Wildman–Crippen LogP) is 1.25. The fourth-order valence-electron chi connectivity index (χ4n) is 2.79. The van der Waals surface area contributed by atoms with Crippen LogP contribution in [0.2, 0.25) is 0 Å². The minimum Gasteiger partial charge on any atom is -0.377 e. The van der Waals surface area contributed by atoms with Gasteiger partial charge in [0.2, 0.25) is 0 Å². The van der Waals surface area contributed by atoms with E-state index in [0.29, 0.717) is 13.2 Å². The third-order valence-corrected chi connectivity index (χ3v) is 4.03. The number of nitrogens with one attached hydrogen (secondary N) is 2. The van der Waals surface area contributed by atoms with Crippen LogP contribution in [-0.2, 0) is 16.0 Å². The van der Waals surface area contributed by atoms with Crippen molar-refractivity contribution in [2.24, 2.45) is 4.99 Å². The summed E-state index contributed by atoms with van der Waals surface area (Å²) in [4.78, 5) is 4.22. The Morgan fingerprint density at radius 2 is 2.25 bits per heavy atom. The summed E-state index contributed by atoms with van der Waals surface area (Å²) in [6, 6.07) is 2.10. The second-order valence-corrected chi connectivity index (χ2v) is 6.14. The van der Waals surface area contributed by atoms with Crippen molar-refractivity contribution in [2.75, 3.05) is 40.0 Å². The lowest BCUT2D eigenvalue weighted by Crippen LogP contribution is -2.39. The number of aliphatic imine (C=N–C) groups is 1. The molecule has 0 bridgehead atoms. The summed E-state index contributed by atoms with van der Waals surface area (Å²) in [5, 5.41) is 11.0. The molecule has 1 aliphatic rings. The van der Waals surface area contributed by atoms with Crippen molar-refractivity contribution < 1.29 is 9.47 Å². The molecule has 0 aliphatic carbocycles. The summed E-state index contributed by atoms with van der Waals surface area (Å²) >= 11 is 0. The minimum absolute atomic E-state index is 0.289. The fourth-order valence-corrected chi connectivity index (χ4v) is 2.79. The van der Waals surface area contributed by atoms with Crippen LogP contribution >= 0.6 is 0 Å². The summed E-state index contributed by atoms with van der Waals surface area (Å²) in [7, 11) is 1.78. The number of guanidine groups is 1. The van der Waals surface area contributed by atoms with E-state index < -0.39 is 0 Å². The first-order valence-electron chi connectivity index (χ1n) is 8.84. The van der Waals surface area contributed by atoms with Gasteiger partial charge in [-0.2, -0.15) is 5.10 Å². The lowest BCUT2D eigenvalue weighted by Gasteiger charge is -2.13. The first-order chi connectivity index (χ1) is 11.7. The van der Waals surface area contributed by atoms with Crippen LogP contribution in [0.25, 0.3) is 0 Å². The second kappa shape index (κ2) is 10.3. The Kier molecular flexibility index (Phi) is 8.04. The molecule has 2 N–H and O–H groups in total. The van der Waals surface area contributed by atoms with Crippen molar-refractivity contribution in [2.45, 2.75) is 45.8 Å². The van der Waals surface area contributed by atoms with E-state index in [9.17, 15) is 0 Å². The zero-order chi connectivity index (χ0) is 17.2. The summed E-state index contributed by atoms with van der Waals surface area (Å²) in [6.45, 7) is 8.84. The van der Waals surface area contributed by atoms with Gasteiger partial charge in [-0.25, -0.2) is 0 Å². The highest BCUT2D eigenvalue weighted by Crippen LogP contribution is 2.11. The second-order valence-electron chi connectivity index (χ2n) is 6.14. The normalized spacial score (nSPS) is 18.1. The van der Waals surface area contributed by atoms with E-state index in [1.807, 2.05) is 11.6 Å². The van der Waals surface area contributed by atoms with Gasteiger partial charge in [0.15, 0.2) is 5.96 Å². The average Bonchev–Trinajstić information content (AvgIpc) is 3.18. The Labute approximate surface area is 144 Å². The van der Waals surface area contributed by atoms with Gasteiger partial charge in [0.25, 0.3) is 0 Å². The molecule has 7 nitrogen and oxygen atoms in total. The quantitative estimate of drug-likeness (QED) is 0.403. The van der Waals surface area contributed by atoms with E-state index in [1.54, 1.807) is 7.05 Å². The van der Waals surface area contributed by atoms with Crippen molar-refractivity contribution >= 4 is 5.96 Å². The van der Waals surface area contributed by atoms with Gasteiger partial charge in [-0.05, 0) is 39.2 Å². The molecule has 0 radical (unpaired) electrons. The number of ether oxygens (including phenoxy) is 2. The number of rotatable bonds is 9. The van der Waals surface area contributed by atoms with Crippen molar-refractivity contribution in [3.63, 3.8) is 0 Å². The van der Waals surface area contributed by atoms with Crippen molar-refractivity contribution in [3.05, 3.63) is 17.5 Å². The van der Waals surface area contributed by atoms with Gasteiger partial charge in [0.05, 0.1) is 25.0 Å². The molecule has 1 aromatic rings. The number of hydrogen-bond acceptors (Lipinski definition) is 4. The molecule has 136 valence electrons. The Morgan fingerprint density at radius 3 is 2.92 bits per heavy atom. The van der Waals surface area contributed by atoms with Gasteiger partial charge >= 0.3 is 0 Å². The summed E-state index contributed by atoms with van der Waals surface area (Å²) in [5.74, 6) is 0.809. The zero-order valence-electron chi connectivity index (χ0n) is 15.2. The molecule has 0 aromatic carbocycles. The molecule has 1 atom stereocenters. The Hall–Kier alpha value is -1.60. The highest BCUT2D eigenvalue weighted by Gasteiger charge is 2.14. The molecule has 0 saturated carbocycles. The lowest BCUT2D eigenvalue weighted by molar-refractivity contribution is 0.0191. The summed E-state index contributed by atoms with van der Waals surface area (Å²) in [6.07, 6.45) is 3.56. The van der Waals surface area contributed by atoms with E-state index in [1.165, 1.54) is 5.69 Å². The Balaban J connectivity index is 1.51.